The molecule has 0 aliphatic rings. The van der Waals surface area contributed by atoms with Crippen LogP contribution < -0.4 is 21.1 Å². The molecule has 0 unspecified atom stereocenters. The van der Waals surface area contributed by atoms with Crippen LogP contribution in [0.15, 0.2) is 48.5 Å². The number of hydrogen-bond donors (Lipinski definition) is 3. The normalized spacial score (nSPS) is 9.86. The van der Waals surface area contributed by atoms with Gasteiger partial charge in [0.2, 0.25) is 5.91 Å². The molecule has 2 aromatic carbocycles. The third-order valence-electron chi connectivity index (χ3n) is 2.96. The van der Waals surface area contributed by atoms with Crippen molar-refractivity contribution < 1.29 is 14.3 Å². The molecule has 114 valence electrons. The third kappa shape index (κ3) is 4.24. The smallest absolute Gasteiger partial charge is 0.316 e. The van der Waals surface area contributed by atoms with Gasteiger partial charge in [0.1, 0.15) is 5.75 Å². The SMILES string of the molecule is COc1ccccc1CC(=O)Nc1cccc(NC(N)=O)c1. The molecule has 0 saturated carbocycles. The first-order valence-electron chi connectivity index (χ1n) is 6.67. The van der Waals surface area contributed by atoms with Crippen molar-refractivity contribution in [3.8, 4) is 5.75 Å². The number of hydrogen-bond acceptors (Lipinski definition) is 3. The Morgan fingerprint density at radius 1 is 1.05 bits per heavy atom. The Bertz CT molecular complexity index is 686. The van der Waals surface area contributed by atoms with E-state index in [2.05, 4.69) is 10.6 Å². The van der Waals surface area contributed by atoms with Crippen LogP contribution in [0.25, 0.3) is 0 Å². The average Bonchev–Trinajstić information content (AvgIpc) is 2.47. The number of carbonyl (C=O) groups is 2. The van der Waals surface area contributed by atoms with Crippen molar-refractivity contribution in [2.45, 2.75) is 6.42 Å². The average molecular weight is 299 g/mol. The van der Waals surface area contributed by atoms with Crippen molar-refractivity contribution in [2.75, 3.05) is 17.7 Å². The number of benzene rings is 2. The molecule has 6 heteroatoms. The predicted octanol–water partition coefficient (Wildman–Crippen LogP) is 2.37. The van der Waals surface area contributed by atoms with E-state index in [1.165, 1.54) is 0 Å². The van der Waals surface area contributed by atoms with E-state index >= 15 is 0 Å². The van der Waals surface area contributed by atoms with Crippen LogP contribution in [0.3, 0.4) is 0 Å². The molecule has 0 aliphatic carbocycles. The Balaban J connectivity index is 2.04. The summed E-state index contributed by atoms with van der Waals surface area (Å²) in [6.07, 6.45) is 0.192. The molecule has 0 fully saturated rings. The Morgan fingerprint density at radius 2 is 1.73 bits per heavy atom. The van der Waals surface area contributed by atoms with Crippen molar-refractivity contribution in [3.63, 3.8) is 0 Å². The summed E-state index contributed by atoms with van der Waals surface area (Å²) in [4.78, 5) is 22.9. The summed E-state index contributed by atoms with van der Waals surface area (Å²) in [5.41, 5.74) is 6.95. The highest BCUT2D eigenvalue weighted by atomic mass is 16.5. The second kappa shape index (κ2) is 7.12. The van der Waals surface area contributed by atoms with Crippen LogP contribution in [0.1, 0.15) is 5.56 Å². The highest BCUT2D eigenvalue weighted by molar-refractivity contribution is 5.94. The monoisotopic (exact) mass is 299 g/mol. The molecule has 0 spiro atoms. The van der Waals surface area contributed by atoms with Gasteiger partial charge < -0.3 is 21.1 Å². The van der Waals surface area contributed by atoms with Crippen molar-refractivity contribution >= 4 is 23.3 Å². The fourth-order valence-corrected chi connectivity index (χ4v) is 2.04. The number of amides is 3. The molecule has 0 radical (unpaired) electrons. The molecule has 0 saturated heterocycles. The van der Waals surface area contributed by atoms with Gasteiger partial charge in [-0.2, -0.15) is 0 Å². The summed E-state index contributed by atoms with van der Waals surface area (Å²) in [6.45, 7) is 0. The fraction of sp³-hybridized carbons (Fsp3) is 0.125. The first-order chi connectivity index (χ1) is 10.6. The van der Waals surface area contributed by atoms with E-state index < -0.39 is 6.03 Å². The zero-order valence-electron chi connectivity index (χ0n) is 12.1. The number of primary amides is 1. The number of methoxy groups -OCH3 is 1. The number of nitrogens with one attached hydrogen (secondary N) is 2. The number of rotatable bonds is 5. The molecule has 0 aromatic heterocycles. The van der Waals surface area contributed by atoms with Gasteiger partial charge in [0.15, 0.2) is 0 Å². The summed E-state index contributed by atoms with van der Waals surface area (Å²) in [6, 6.07) is 13.4. The first kappa shape index (κ1) is 15.4. The predicted molar refractivity (Wildman–Crippen MR) is 85.0 cm³/mol. The minimum absolute atomic E-state index is 0.180. The molecule has 3 amide bonds. The summed E-state index contributed by atoms with van der Waals surface area (Å²) < 4.78 is 5.22. The maximum Gasteiger partial charge on any atom is 0.316 e. The molecule has 0 aliphatic heterocycles. The van der Waals surface area contributed by atoms with E-state index in [1.807, 2.05) is 18.2 Å². The van der Waals surface area contributed by atoms with Gasteiger partial charge in [0.25, 0.3) is 0 Å². The first-order valence-corrected chi connectivity index (χ1v) is 6.67. The number of ether oxygens (including phenoxy) is 1. The highest BCUT2D eigenvalue weighted by Gasteiger charge is 2.09. The van der Waals surface area contributed by atoms with Crippen molar-refractivity contribution in [1.29, 1.82) is 0 Å². The van der Waals surface area contributed by atoms with Gasteiger partial charge >= 0.3 is 6.03 Å². The minimum atomic E-state index is -0.655. The molecule has 2 rings (SSSR count). The summed E-state index contributed by atoms with van der Waals surface area (Å²) in [5.74, 6) is 0.488. The Labute approximate surface area is 128 Å². The van der Waals surface area contributed by atoms with Gasteiger partial charge in [0, 0.05) is 16.9 Å². The topological polar surface area (TPSA) is 93.4 Å². The standard InChI is InChI=1S/C16H17N3O3/c1-22-14-8-3-2-5-11(14)9-15(20)18-12-6-4-7-13(10-12)19-16(17)21/h2-8,10H,9H2,1H3,(H,18,20)(H3,17,19,21). The second-order valence-corrected chi connectivity index (χ2v) is 4.61. The molecule has 0 bridgehead atoms. The van der Waals surface area contributed by atoms with Crippen LogP contribution >= 0.6 is 0 Å². The number of carbonyl (C=O) groups excluding carboxylic acids is 2. The quantitative estimate of drug-likeness (QED) is 0.791. The molecule has 22 heavy (non-hydrogen) atoms. The van der Waals surface area contributed by atoms with Crippen molar-refractivity contribution in [1.82, 2.24) is 0 Å². The van der Waals surface area contributed by atoms with E-state index in [0.29, 0.717) is 17.1 Å². The van der Waals surface area contributed by atoms with Gasteiger partial charge in [-0.1, -0.05) is 24.3 Å². The fourth-order valence-electron chi connectivity index (χ4n) is 2.04. The van der Waals surface area contributed by atoms with E-state index in [-0.39, 0.29) is 12.3 Å². The molecular weight excluding hydrogens is 282 g/mol. The maximum atomic E-state index is 12.1. The summed E-state index contributed by atoms with van der Waals surface area (Å²) >= 11 is 0. The maximum absolute atomic E-state index is 12.1. The lowest BCUT2D eigenvalue weighted by Gasteiger charge is -2.10. The lowest BCUT2D eigenvalue weighted by molar-refractivity contribution is -0.115. The Hall–Kier alpha value is -3.02. The van der Waals surface area contributed by atoms with Crippen LogP contribution in [-0.2, 0) is 11.2 Å². The van der Waals surface area contributed by atoms with Gasteiger partial charge in [0.05, 0.1) is 13.5 Å². The van der Waals surface area contributed by atoms with Gasteiger partial charge in [-0.05, 0) is 24.3 Å². The molecule has 0 heterocycles. The number of anilines is 2. The number of para-hydroxylation sites is 1. The minimum Gasteiger partial charge on any atom is -0.496 e. The molecule has 0 atom stereocenters. The lowest BCUT2D eigenvalue weighted by Crippen LogP contribution is -2.19. The molecule has 6 nitrogen and oxygen atoms in total. The van der Waals surface area contributed by atoms with Crippen molar-refractivity contribution in [2.24, 2.45) is 5.73 Å². The Kier molecular flexibility index (Phi) is 4.98. The molecular formula is C16H17N3O3. The molecule has 4 N–H and O–H groups in total. The number of nitrogens with two attached hydrogens (primary N) is 1. The van der Waals surface area contributed by atoms with Gasteiger partial charge in [-0.25, -0.2) is 4.79 Å². The Morgan fingerprint density at radius 3 is 2.41 bits per heavy atom. The summed E-state index contributed by atoms with van der Waals surface area (Å²) in [5, 5.41) is 5.22. The second-order valence-electron chi connectivity index (χ2n) is 4.61. The van der Waals surface area contributed by atoms with E-state index in [0.717, 1.165) is 5.56 Å². The van der Waals surface area contributed by atoms with Crippen LogP contribution in [0.5, 0.6) is 5.75 Å². The van der Waals surface area contributed by atoms with E-state index in [9.17, 15) is 9.59 Å². The summed E-state index contributed by atoms with van der Waals surface area (Å²) in [7, 11) is 1.57. The van der Waals surface area contributed by atoms with Crippen LogP contribution in [0.4, 0.5) is 16.2 Å². The van der Waals surface area contributed by atoms with Crippen LogP contribution in [-0.4, -0.2) is 19.0 Å². The zero-order chi connectivity index (χ0) is 15.9. The lowest BCUT2D eigenvalue weighted by atomic mass is 10.1. The highest BCUT2D eigenvalue weighted by Crippen LogP contribution is 2.19. The van der Waals surface area contributed by atoms with Crippen LogP contribution in [0.2, 0.25) is 0 Å². The van der Waals surface area contributed by atoms with E-state index in [4.69, 9.17) is 10.5 Å². The van der Waals surface area contributed by atoms with Gasteiger partial charge in [-0.15, -0.1) is 0 Å². The largest absolute Gasteiger partial charge is 0.496 e. The molecule has 2 aromatic rings. The number of urea groups is 1. The van der Waals surface area contributed by atoms with E-state index in [1.54, 1.807) is 37.4 Å². The van der Waals surface area contributed by atoms with Crippen molar-refractivity contribution in [3.05, 3.63) is 54.1 Å². The van der Waals surface area contributed by atoms with Crippen LogP contribution in [0, 0.1) is 0 Å². The van der Waals surface area contributed by atoms with Gasteiger partial charge in [-0.3, -0.25) is 4.79 Å². The zero-order valence-corrected chi connectivity index (χ0v) is 12.1. The third-order valence-corrected chi connectivity index (χ3v) is 2.96.